The van der Waals surface area contributed by atoms with Crippen molar-refractivity contribution in [1.29, 1.82) is 0 Å². The first-order valence-corrected chi connectivity index (χ1v) is 8.19. The maximum Gasteiger partial charge on any atom is 0.241 e. The third-order valence-corrected chi connectivity index (χ3v) is 5.64. The van der Waals surface area contributed by atoms with Crippen LogP contribution in [0.2, 0.25) is 0 Å². The Morgan fingerprint density at radius 3 is 2.50 bits per heavy atom. The van der Waals surface area contributed by atoms with Gasteiger partial charge in [-0.25, -0.2) is 13.1 Å². The van der Waals surface area contributed by atoms with Crippen LogP contribution in [-0.2, 0) is 14.8 Å². The first-order chi connectivity index (χ1) is 9.30. The zero-order valence-electron chi connectivity index (χ0n) is 12.2. The number of rotatable bonds is 5. The van der Waals surface area contributed by atoms with E-state index in [1.807, 2.05) is 6.92 Å². The maximum atomic E-state index is 12.4. The Hall–Kier alpha value is -1.11. The minimum Gasteiger partial charge on any atom is -0.398 e. The summed E-state index contributed by atoms with van der Waals surface area (Å²) in [4.78, 5) is 0.251. The van der Waals surface area contributed by atoms with Crippen LogP contribution in [0.4, 0.5) is 5.69 Å². The predicted molar refractivity (Wildman–Crippen MR) is 79.1 cm³/mol. The van der Waals surface area contributed by atoms with E-state index in [1.165, 1.54) is 0 Å². The molecule has 1 aliphatic carbocycles. The van der Waals surface area contributed by atoms with Crippen molar-refractivity contribution < 1.29 is 13.2 Å². The van der Waals surface area contributed by atoms with Crippen molar-refractivity contribution in [2.24, 2.45) is 0 Å². The van der Waals surface area contributed by atoms with E-state index in [2.05, 4.69) is 4.72 Å². The number of hydrogen-bond acceptors (Lipinski definition) is 4. The quantitative estimate of drug-likeness (QED) is 0.811. The predicted octanol–water partition coefficient (Wildman–Crippen LogP) is 1.73. The highest BCUT2D eigenvalue weighted by Gasteiger charge is 2.38. The van der Waals surface area contributed by atoms with Gasteiger partial charge >= 0.3 is 0 Å². The molecular formula is C14H22N2O3S. The summed E-state index contributed by atoms with van der Waals surface area (Å²) in [6.07, 6.45) is 2.86. The summed E-state index contributed by atoms with van der Waals surface area (Å²) in [5.41, 5.74) is 7.42. The zero-order chi connectivity index (χ0) is 15.0. The Bertz CT molecular complexity index is 602. The van der Waals surface area contributed by atoms with Crippen molar-refractivity contribution >= 4 is 15.7 Å². The maximum absolute atomic E-state index is 12.4. The van der Waals surface area contributed by atoms with Crippen LogP contribution in [-0.4, -0.2) is 27.7 Å². The van der Waals surface area contributed by atoms with E-state index in [9.17, 15) is 8.42 Å². The third-order valence-electron chi connectivity index (χ3n) is 4.12. The molecule has 0 radical (unpaired) electrons. The molecule has 6 heteroatoms. The van der Waals surface area contributed by atoms with Gasteiger partial charge < -0.3 is 10.5 Å². The van der Waals surface area contributed by atoms with Crippen LogP contribution in [0.3, 0.4) is 0 Å². The molecule has 1 fully saturated rings. The molecular weight excluding hydrogens is 276 g/mol. The highest BCUT2D eigenvalue weighted by molar-refractivity contribution is 7.89. The largest absolute Gasteiger partial charge is 0.398 e. The normalized spacial score (nSPS) is 17.8. The van der Waals surface area contributed by atoms with Gasteiger partial charge in [0, 0.05) is 19.3 Å². The van der Waals surface area contributed by atoms with Gasteiger partial charge in [-0.3, -0.25) is 0 Å². The SMILES string of the molecule is COC1(CNS(=O)(=O)c2cc(C)cc(N)c2C)CCC1. The van der Waals surface area contributed by atoms with Gasteiger partial charge in [0.15, 0.2) is 0 Å². The summed E-state index contributed by atoms with van der Waals surface area (Å²) < 4.78 is 33.0. The lowest BCUT2D eigenvalue weighted by Gasteiger charge is -2.40. The first-order valence-electron chi connectivity index (χ1n) is 6.71. The fraction of sp³-hybridized carbons (Fsp3) is 0.571. The molecule has 0 aromatic heterocycles. The van der Waals surface area contributed by atoms with Crippen LogP contribution in [0.15, 0.2) is 17.0 Å². The second kappa shape index (κ2) is 5.35. The number of nitrogens with two attached hydrogens (primary N) is 1. The number of nitrogens with one attached hydrogen (secondary N) is 1. The Kier molecular flexibility index (Phi) is 4.09. The molecule has 0 amide bonds. The summed E-state index contributed by atoms with van der Waals surface area (Å²) in [5, 5.41) is 0. The molecule has 2 rings (SSSR count). The van der Waals surface area contributed by atoms with Gasteiger partial charge in [0.05, 0.1) is 10.5 Å². The van der Waals surface area contributed by atoms with Crippen LogP contribution in [0.25, 0.3) is 0 Å². The van der Waals surface area contributed by atoms with E-state index in [1.54, 1.807) is 26.2 Å². The fourth-order valence-corrected chi connectivity index (χ4v) is 3.93. The average molecular weight is 298 g/mol. The molecule has 1 saturated carbocycles. The van der Waals surface area contributed by atoms with Crippen LogP contribution < -0.4 is 10.5 Å². The monoisotopic (exact) mass is 298 g/mol. The van der Waals surface area contributed by atoms with Crippen LogP contribution >= 0.6 is 0 Å². The Morgan fingerprint density at radius 2 is 2.00 bits per heavy atom. The standard InChI is InChI=1S/C14H22N2O3S/c1-10-7-12(15)11(2)13(8-10)20(17,18)16-9-14(19-3)5-4-6-14/h7-8,16H,4-6,9,15H2,1-3H3. The number of ether oxygens (including phenoxy) is 1. The van der Waals surface area contributed by atoms with E-state index in [0.717, 1.165) is 24.8 Å². The Labute approximate surface area is 120 Å². The Balaban J connectivity index is 2.23. The van der Waals surface area contributed by atoms with Gasteiger partial charge in [0.25, 0.3) is 0 Å². The summed E-state index contributed by atoms with van der Waals surface area (Å²) in [7, 11) is -1.94. The van der Waals surface area contributed by atoms with Crippen molar-refractivity contribution in [3.8, 4) is 0 Å². The summed E-state index contributed by atoms with van der Waals surface area (Å²) in [5.74, 6) is 0. The molecule has 20 heavy (non-hydrogen) atoms. The van der Waals surface area contributed by atoms with Gasteiger partial charge in [-0.1, -0.05) is 0 Å². The van der Waals surface area contributed by atoms with Gasteiger partial charge in [-0.05, 0) is 56.4 Å². The average Bonchev–Trinajstić information content (AvgIpc) is 2.32. The lowest BCUT2D eigenvalue weighted by atomic mass is 9.80. The van der Waals surface area contributed by atoms with Crippen molar-refractivity contribution in [2.75, 3.05) is 19.4 Å². The van der Waals surface area contributed by atoms with E-state index in [0.29, 0.717) is 17.8 Å². The highest BCUT2D eigenvalue weighted by Crippen LogP contribution is 2.34. The second-order valence-electron chi connectivity index (χ2n) is 5.54. The summed E-state index contributed by atoms with van der Waals surface area (Å²) in [6, 6.07) is 3.42. The number of nitrogen functional groups attached to an aromatic ring is 1. The van der Waals surface area contributed by atoms with Crippen LogP contribution in [0, 0.1) is 13.8 Å². The molecule has 0 atom stereocenters. The van der Waals surface area contributed by atoms with Crippen molar-refractivity contribution in [3.05, 3.63) is 23.3 Å². The molecule has 0 saturated heterocycles. The Morgan fingerprint density at radius 1 is 1.35 bits per heavy atom. The van der Waals surface area contributed by atoms with Gasteiger partial charge in [-0.15, -0.1) is 0 Å². The number of sulfonamides is 1. The number of hydrogen-bond donors (Lipinski definition) is 2. The molecule has 0 heterocycles. The topological polar surface area (TPSA) is 81.4 Å². The number of anilines is 1. The minimum atomic E-state index is -3.57. The van der Waals surface area contributed by atoms with Crippen molar-refractivity contribution in [1.82, 2.24) is 4.72 Å². The summed E-state index contributed by atoms with van der Waals surface area (Å²) in [6.45, 7) is 3.86. The smallest absolute Gasteiger partial charge is 0.241 e. The molecule has 1 aliphatic rings. The van der Waals surface area contributed by atoms with Crippen LogP contribution in [0.1, 0.15) is 30.4 Å². The van der Waals surface area contributed by atoms with E-state index < -0.39 is 10.0 Å². The highest BCUT2D eigenvalue weighted by atomic mass is 32.2. The van der Waals surface area contributed by atoms with E-state index in [4.69, 9.17) is 10.5 Å². The van der Waals surface area contributed by atoms with Crippen molar-refractivity contribution in [3.63, 3.8) is 0 Å². The molecule has 0 unspecified atom stereocenters. The molecule has 5 nitrogen and oxygen atoms in total. The van der Waals surface area contributed by atoms with Gasteiger partial charge in [-0.2, -0.15) is 0 Å². The zero-order valence-corrected chi connectivity index (χ0v) is 13.0. The molecule has 112 valence electrons. The minimum absolute atomic E-state index is 0.251. The van der Waals surface area contributed by atoms with Crippen LogP contribution in [0.5, 0.6) is 0 Å². The fourth-order valence-electron chi connectivity index (χ4n) is 2.46. The lowest BCUT2D eigenvalue weighted by molar-refractivity contribution is -0.0659. The molecule has 1 aromatic rings. The van der Waals surface area contributed by atoms with E-state index >= 15 is 0 Å². The number of methoxy groups -OCH3 is 1. The first kappa shape index (κ1) is 15.3. The molecule has 0 bridgehead atoms. The molecule has 1 aromatic carbocycles. The second-order valence-corrected chi connectivity index (χ2v) is 7.28. The lowest BCUT2D eigenvalue weighted by Crippen LogP contribution is -2.49. The summed E-state index contributed by atoms with van der Waals surface area (Å²) >= 11 is 0. The molecule has 0 spiro atoms. The number of aryl methyl sites for hydroxylation is 1. The third kappa shape index (κ3) is 2.82. The van der Waals surface area contributed by atoms with Gasteiger partial charge in [0.2, 0.25) is 10.0 Å². The van der Waals surface area contributed by atoms with Gasteiger partial charge in [0.1, 0.15) is 0 Å². The molecule has 3 N–H and O–H groups in total. The number of benzene rings is 1. The van der Waals surface area contributed by atoms with Crippen molar-refractivity contribution in [2.45, 2.75) is 43.6 Å². The van der Waals surface area contributed by atoms with E-state index in [-0.39, 0.29) is 10.5 Å². The molecule has 0 aliphatic heterocycles.